The Morgan fingerprint density at radius 3 is 2.71 bits per heavy atom. The highest BCUT2D eigenvalue weighted by molar-refractivity contribution is 6.01. The summed E-state index contributed by atoms with van der Waals surface area (Å²) in [4.78, 5) is 26.3. The Kier molecular flexibility index (Phi) is 4.51. The summed E-state index contributed by atoms with van der Waals surface area (Å²) in [5.41, 5.74) is 2.46. The number of nitro groups is 1. The minimum absolute atomic E-state index is 0.0638. The first-order valence-electron chi connectivity index (χ1n) is 7.43. The molecule has 1 heterocycles. The summed E-state index contributed by atoms with van der Waals surface area (Å²) in [6.45, 7) is 1.27. The normalized spacial score (nSPS) is 12.2. The third-order valence-electron chi connectivity index (χ3n) is 3.62. The predicted molar refractivity (Wildman–Crippen MR) is 88.1 cm³/mol. The zero-order valence-electron chi connectivity index (χ0n) is 12.8. The number of amidine groups is 1. The topological polar surface area (TPSA) is 93.8 Å². The minimum atomic E-state index is -0.515. The number of nitro benzene ring substituents is 1. The number of carbonyl (C=O) groups excluding carboxylic acids is 1. The summed E-state index contributed by atoms with van der Waals surface area (Å²) in [5.74, 6) is 0.289. The van der Waals surface area contributed by atoms with Crippen LogP contribution in [0.2, 0.25) is 0 Å². The second-order valence-electron chi connectivity index (χ2n) is 5.19. The lowest BCUT2D eigenvalue weighted by Crippen LogP contribution is -2.27. The molecule has 3 rings (SSSR count). The van der Waals surface area contributed by atoms with Gasteiger partial charge in [-0.3, -0.25) is 15.1 Å². The summed E-state index contributed by atoms with van der Waals surface area (Å²) in [7, 11) is 0. The Bertz CT molecular complexity index is 800. The molecule has 24 heavy (non-hydrogen) atoms. The Morgan fingerprint density at radius 1 is 1.21 bits per heavy atom. The molecule has 0 saturated heterocycles. The van der Waals surface area contributed by atoms with E-state index in [2.05, 4.69) is 10.3 Å². The first kappa shape index (κ1) is 15.7. The van der Waals surface area contributed by atoms with Crippen LogP contribution >= 0.6 is 0 Å². The van der Waals surface area contributed by atoms with Crippen molar-refractivity contribution in [2.75, 3.05) is 13.2 Å². The molecule has 2 aromatic carbocycles. The Balaban J connectivity index is 1.47. The summed E-state index contributed by atoms with van der Waals surface area (Å²) in [6, 6.07) is 13.3. The number of hydrogen-bond donors (Lipinski definition) is 1. The molecule has 0 saturated carbocycles. The maximum Gasteiger partial charge on any atom is 0.338 e. The number of esters is 1. The van der Waals surface area contributed by atoms with Crippen LogP contribution in [0.3, 0.4) is 0 Å². The van der Waals surface area contributed by atoms with Crippen molar-refractivity contribution in [1.82, 2.24) is 5.32 Å². The van der Waals surface area contributed by atoms with Crippen molar-refractivity contribution in [3.8, 4) is 0 Å². The summed E-state index contributed by atoms with van der Waals surface area (Å²) >= 11 is 0. The Morgan fingerprint density at radius 2 is 1.96 bits per heavy atom. The lowest BCUT2D eigenvalue weighted by Gasteiger charge is -2.08. The monoisotopic (exact) mass is 325 g/mol. The van der Waals surface area contributed by atoms with Crippen molar-refractivity contribution in [2.24, 2.45) is 4.99 Å². The zero-order chi connectivity index (χ0) is 16.9. The molecule has 0 radical (unpaired) electrons. The van der Waals surface area contributed by atoms with Crippen LogP contribution in [0, 0.1) is 10.1 Å². The lowest BCUT2D eigenvalue weighted by atomic mass is 10.1. The van der Waals surface area contributed by atoms with Crippen LogP contribution in [-0.2, 0) is 11.3 Å². The number of ether oxygens (including phenoxy) is 1. The predicted octanol–water partition coefficient (Wildman–Crippen LogP) is 2.30. The van der Waals surface area contributed by atoms with E-state index in [0.717, 1.165) is 11.4 Å². The largest absolute Gasteiger partial charge is 0.460 e. The summed E-state index contributed by atoms with van der Waals surface area (Å²) in [6.07, 6.45) is 0. The van der Waals surface area contributed by atoms with Gasteiger partial charge in [0.2, 0.25) is 0 Å². The first-order chi connectivity index (χ1) is 11.6. The number of carbonyl (C=O) groups is 1. The Hall–Kier alpha value is -3.22. The van der Waals surface area contributed by atoms with Gasteiger partial charge in [-0.05, 0) is 17.7 Å². The van der Waals surface area contributed by atoms with E-state index >= 15 is 0 Å². The van der Waals surface area contributed by atoms with Gasteiger partial charge in [0.1, 0.15) is 12.4 Å². The van der Waals surface area contributed by atoms with Gasteiger partial charge in [-0.1, -0.05) is 24.3 Å². The standard InChI is InChI=1S/C17H15N3O4/c21-17(12-5-7-14(8-6-12)20(22)23)24-10-9-18-16-15-4-2-1-3-13(15)11-19-16/h1-8H,9-11H2,(H,18,19). The van der Waals surface area contributed by atoms with Crippen molar-refractivity contribution in [3.63, 3.8) is 0 Å². The van der Waals surface area contributed by atoms with Gasteiger partial charge in [0.25, 0.3) is 5.69 Å². The van der Waals surface area contributed by atoms with Gasteiger partial charge in [-0.15, -0.1) is 0 Å². The number of hydrogen-bond acceptors (Lipinski definition) is 6. The van der Waals surface area contributed by atoms with Crippen LogP contribution in [0.1, 0.15) is 21.5 Å². The fraction of sp³-hybridized carbons (Fsp3) is 0.176. The van der Waals surface area contributed by atoms with E-state index in [9.17, 15) is 14.9 Å². The van der Waals surface area contributed by atoms with Crippen LogP contribution in [0.25, 0.3) is 0 Å². The number of aliphatic imine (C=N–C) groups is 1. The van der Waals surface area contributed by atoms with Crippen LogP contribution in [-0.4, -0.2) is 29.9 Å². The first-order valence-corrected chi connectivity index (χ1v) is 7.43. The van der Waals surface area contributed by atoms with Crippen LogP contribution in [0.4, 0.5) is 5.69 Å². The summed E-state index contributed by atoms with van der Waals surface area (Å²) < 4.78 is 5.15. The molecule has 1 N–H and O–H groups in total. The number of nitrogens with one attached hydrogen (secondary N) is 1. The van der Waals surface area contributed by atoms with E-state index in [4.69, 9.17) is 4.74 Å². The molecule has 0 unspecified atom stereocenters. The molecule has 0 atom stereocenters. The molecule has 1 aliphatic heterocycles. The summed E-state index contributed by atoms with van der Waals surface area (Å²) in [5, 5.41) is 13.7. The smallest absolute Gasteiger partial charge is 0.338 e. The molecule has 1 aliphatic rings. The highest BCUT2D eigenvalue weighted by Crippen LogP contribution is 2.16. The molecule has 0 aliphatic carbocycles. The van der Waals surface area contributed by atoms with E-state index in [1.165, 1.54) is 29.8 Å². The average Bonchev–Trinajstić information content (AvgIpc) is 3.02. The number of fused-ring (bicyclic) bond motifs is 1. The fourth-order valence-corrected chi connectivity index (χ4v) is 2.41. The molecule has 7 heteroatoms. The molecule has 122 valence electrons. The number of rotatable bonds is 5. The van der Waals surface area contributed by atoms with Gasteiger partial charge >= 0.3 is 5.97 Å². The molecule has 0 bridgehead atoms. The maximum atomic E-state index is 11.9. The lowest BCUT2D eigenvalue weighted by molar-refractivity contribution is -0.384. The van der Waals surface area contributed by atoms with Gasteiger partial charge in [0.15, 0.2) is 0 Å². The highest BCUT2D eigenvalue weighted by atomic mass is 16.6. The number of non-ortho nitro benzene ring substituents is 1. The van der Waals surface area contributed by atoms with Crippen molar-refractivity contribution in [2.45, 2.75) is 6.54 Å². The second kappa shape index (κ2) is 6.91. The van der Waals surface area contributed by atoms with Crippen molar-refractivity contribution < 1.29 is 14.5 Å². The molecule has 0 fully saturated rings. The number of benzene rings is 2. The quantitative estimate of drug-likeness (QED) is 0.394. The molecule has 2 aromatic rings. The highest BCUT2D eigenvalue weighted by Gasteiger charge is 2.14. The van der Waals surface area contributed by atoms with Gasteiger partial charge in [0.05, 0.1) is 23.6 Å². The van der Waals surface area contributed by atoms with Gasteiger partial charge in [-0.2, -0.15) is 0 Å². The van der Waals surface area contributed by atoms with Crippen LogP contribution in [0.15, 0.2) is 53.5 Å². The van der Waals surface area contributed by atoms with Crippen molar-refractivity contribution >= 4 is 17.5 Å². The third-order valence-corrected chi connectivity index (χ3v) is 3.62. The fourth-order valence-electron chi connectivity index (χ4n) is 2.41. The van der Waals surface area contributed by atoms with Crippen LogP contribution < -0.4 is 5.32 Å². The minimum Gasteiger partial charge on any atom is -0.460 e. The SMILES string of the molecule is O=C(OCCNC1=NCc2ccccc21)c1ccc([N+](=O)[O-])cc1. The van der Waals surface area contributed by atoms with E-state index in [-0.39, 0.29) is 17.9 Å². The Labute approximate surface area is 138 Å². The zero-order valence-corrected chi connectivity index (χ0v) is 12.8. The van der Waals surface area contributed by atoms with Crippen molar-refractivity contribution in [1.29, 1.82) is 0 Å². The maximum absolute atomic E-state index is 11.9. The van der Waals surface area contributed by atoms with Gasteiger partial charge in [0, 0.05) is 17.7 Å². The average molecular weight is 325 g/mol. The van der Waals surface area contributed by atoms with E-state index in [1.807, 2.05) is 24.3 Å². The third kappa shape index (κ3) is 3.40. The van der Waals surface area contributed by atoms with Crippen LogP contribution in [0.5, 0.6) is 0 Å². The molecule has 0 spiro atoms. The van der Waals surface area contributed by atoms with Gasteiger partial charge in [-0.25, -0.2) is 4.79 Å². The molecular formula is C17H15N3O4. The van der Waals surface area contributed by atoms with Crippen molar-refractivity contribution in [3.05, 3.63) is 75.3 Å². The van der Waals surface area contributed by atoms with E-state index < -0.39 is 10.9 Å². The van der Waals surface area contributed by atoms with E-state index in [1.54, 1.807) is 0 Å². The molecular weight excluding hydrogens is 310 g/mol. The molecule has 0 aromatic heterocycles. The molecule has 7 nitrogen and oxygen atoms in total. The second-order valence-corrected chi connectivity index (χ2v) is 5.19. The van der Waals surface area contributed by atoms with E-state index in [0.29, 0.717) is 13.1 Å². The van der Waals surface area contributed by atoms with Gasteiger partial charge < -0.3 is 10.1 Å². The molecule has 0 amide bonds. The number of nitrogens with zero attached hydrogens (tertiary/aromatic N) is 2.